The molecule has 5 heteroatoms. The SMILES string of the molecule is C#CCN(CC(=O)Nc1cc(C)no1)C1CCc2ccccc21. The van der Waals surface area contributed by atoms with Crippen LogP contribution in [0.4, 0.5) is 5.88 Å². The van der Waals surface area contributed by atoms with Crippen molar-refractivity contribution < 1.29 is 9.32 Å². The van der Waals surface area contributed by atoms with Gasteiger partial charge < -0.3 is 4.52 Å². The molecule has 0 radical (unpaired) electrons. The van der Waals surface area contributed by atoms with E-state index in [1.165, 1.54) is 11.1 Å². The number of hydrogen-bond acceptors (Lipinski definition) is 4. The smallest absolute Gasteiger partial charge is 0.240 e. The summed E-state index contributed by atoms with van der Waals surface area (Å²) in [7, 11) is 0. The van der Waals surface area contributed by atoms with E-state index in [0.717, 1.165) is 18.5 Å². The summed E-state index contributed by atoms with van der Waals surface area (Å²) in [6.45, 7) is 2.46. The summed E-state index contributed by atoms with van der Waals surface area (Å²) in [5.74, 6) is 2.87. The molecular weight excluding hydrogens is 290 g/mol. The van der Waals surface area contributed by atoms with E-state index >= 15 is 0 Å². The summed E-state index contributed by atoms with van der Waals surface area (Å²) in [6.07, 6.45) is 7.50. The first-order chi connectivity index (χ1) is 11.2. The second kappa shape index (κ2) is 6.67. The summed E-state index contributed by atoms with van der Waals surface area (Å²) >= 11 is 0. The summed E-state index contributed by atoms with van der Waals surface area (Å²) < 4.78 is 5.02. The second-order valence-corrected chi connectivity index (χ2v) is 5.74. The molecule has 3 rings (SSSR count). The highest BCUT2D eigenvalue weighted by Gasteiger charge is 2.28. The second-order valence-electron chi connectivity index (χ2n) is 5.74. The van der Waals surface area contributed by atoms with Crippen molar-refractivity contribution in [1.82, 2.24) is 10.1 Å². The molecule has 1 aliphatic rings. The van der Waals surface area contributed by atoms with E-state index in [9.17, 15) is 4.79 Å². The van der Waals surface area contributed by atoms with Crippen LogP contribution in [0.15, 0.2) is 34.9 Å². The first-order valence-corrected chi connectivity index (χ1v) is 7.66. The Morgan fingerprint density at radius 2 is 2.35 bits per heavy atom. The zero-order valence-corrected chi connectivity index (χ0v) is 13.1. The first kappa shape index (κ1) is 15.3. The summed E-state index contributed by atoms with van der Waals surface area (Å²) in [5.41, 5.74) is 3.34. The first-order valence-electron chi connectivity index (χ1n) is 7.66. The number of amides is 1. The Kier molecular flexibility index (Phi) is 4.45. The molecule has 1 unspecified atom stereocenters. The molecule has 0 aliphatic heterocycles. The normalized spacial score (nSPS) is 16.1. The molecule has 1 aromatic carbocycles. The maximum absolute atomic E-state index is 12.3. The number of terminal acetylenes is 1. The van der Waals surface area contributed by atoms with Gasteiger partial charge in [-0.15, -0.1) is 6.42 Å². The molecule has 0 saturated heterocycles. The molecule has 0 spiro atoms. The average Bonchev–Trinajstić information content (AvgIpc) is 3.13. The van der Waals surface area contributed by atoms with Crippen LogP contribution in [0.1, 0.15) is 29.3 Å². The zero-order chi connectivity index (χ0) is 16.2. The van der Waals surface area contributed by atoms with Crippen LogP contribution in [-0.4, -0.2) is 29.1 Å². The third-order valence-corrected chi connectivity index (χ3v) is 4.07. The fourth-order valence-corrected chi connectivity index (χ4v) is 3.09. The zero-order valence-electron chi connectivity index (χ0n) is 13.1. The molecule has 1 heterocycles. The third kappa shape index (κ3) is 3.43. The van der Waals surface area contributed by atoms with Crippen molar-refractivity contribution in [2.75, 3.05) is 18.4 Å². The van der Waals surface area contributed by atoms with E-state index < -0.39 is 0 Å². The fraction of sp³-hybridized carbons (Fsp3) is 0.333. The molecule has 5 nitrogen and oxygen atoms in total. The summed E-state index contributed by atoms with van der Waals surface area (Å²) in [5, 5.41) is 6.48. The van der Waals surface area contributed by atoms with Gasteiger partial charge in [-0.2, -0.15) is 0 Å². The van der Waals surface area contributed by atoms with Gasteiger partial charge in [0.1, 0.15) is 0 Å². The predicted molar refractivity (Wildman–Crippen MR) is 87.8 cm³/mol. The van der Waals surface area contributed by atoms with E-state index in [1.807, 2.05) is 17.0 Å². The number of anilines is 1. The molecular formula is C18H19N3O2. The topological polar surface area (TPSA) is 58.4 Å². The molecule has 1 aliphatic carbocycles. The highest BCUT2D eigenvalue weighted by atomic mass is 16.5. The maximum Gasteiger partial charge on any atom is 0.240 e. The minimum absolute atomic E-state index is 0.152. The fourth-order valence-electron chi connectivity index (χ4n) is 3.09. The van der Waals surface area contributed by atoms with E-state index in [0.29, 0.717) is 12.4 Å². The Hall–Kier alpha value is -2.58. The molecule has 0 saturated carbocycles. The van der Waals surface area contributed by atoms with Crippen molar-refractivity contribution in [3.63, 3.8) is 0 Å². The van der Waals surface area contributed by atoms with Crippen molar-refractivity contribution in [2.24, 2.45) is 0 Å². The average molecular weight is 309 g/mol. The van der Waals surface area contributed by atoms with Gasteiger partial charge in [0.2, 0.25) is 11.8 Å². The number of nitrogens with one attached hydrogen (secondary N) is 1. The lowest BCUT2D eigenvalue weighted by Crippen LogP contribution is -2.35. The third-order valence-electron chi connectivity index (χ3n) is 4.07. The molecule has 1 aromatic heterocycles. The number of nitrogens with zero attached hydrogens (tertiary/aromatic N) is 2. The van der Waals surface area contributed by atoms with Gasteiger partial charge in [-0.1, -0.05) is 35.3 Å². The largest absolute Gasteiger partial charge is 0.338 e. The Morgan fingerprint density at radius 3 is 3.09 bits per heavy atom. The van der Waals surface area contributed by atoms with E-state index in [-0.39, 0.29) is 18.5 Å². The lowest BCUT2D eigenvalue weighted by molar-refractivity contribution is -0.117. The summed E-state index contributed by atoms with van der Waals surface area (Å²) in [6, 6.07) is 10.2. The van der Waals surface area contributed by atoms with Crippen molar-refractivity contribution >= 4 is 11.8 Å². The molecule has 0 bridgehead atoms. The minimum atomic E-state index is -0.152. The predicted octanol–water partition coefficient (Wildman–Crippen LogP) is 2.54. The van der Waals surface area contributed by atoms with Gasteiger partial charge >= 0.3 is 0 Å². The maximum atomic E-state index is 12.3. The van der Waals surface area contributed by atoms with Gasteiger partial charge in [0.05, 0.1) is 18.8 Å². The molecule has 118 valence electrons. The number of carbonyl (C=O) groups is 1. The van der Waals surface area contributed by atoms with Gasteiger partial charge in [-0.25, -0.2) is 0 Å². The monoisotopic (exact) mass is 309 g/mol. The van der Waals surface area contributed by atoms with Crippen molar-refractivity contribution in [2.45, 2.75) is 25.8 Å². The molecule has 0 fully saturated rings. The summed E-state index contributed by atoms with van der Waals surface area (Å²) in [4.78, 5) is 14.3. The standard InChI is InChI=1S/C18H19N3O2/c1-3-10-21(12-17(22)19-18-11-13(2)20-23-18)16-9-8-14-6-4-5-7-15(14)16/h1,4-7,11,16H,8-10,12H2,2H3,(H,19,22). The van der Waals surface area contributed by atoms with Gasteiger partial charge in [0, 0.05) is 12.1 Å². The van der Waals surface area contributed by atoms with Crippen LogP contribution in [0.2, 0.25) is 0 Å². The number of aromatic nitrogens is 1. The highest BCUT2D eigenvalue weighted by molar-refractivity contribution is 5.91. The molecule has 1 amide bonds. The Labute approximate surface area is 135 Å². The Bertz CT molecular complexity index is 745. The van der Waals surface area contributed by atoms with Gasteiger partial charge in [-0.3, -0.25) is 15.0 Å². The quantitative estimate of drug-likeness (QED) is 0.862. The van der Waals surface area contributed by atoms with Crippen LogP contribution in [0.5, 0.6) is 0 Å². The lowest BCUT2D eigenvalue weighted by atomic mass is 10.1. The van der Waals surface area contributed by atoms with Crippen LogP contribution in [-0.2, 0) is 11.2 Å². The highest BCUT2D eigenvalue weighted by Crippen LogP contribution is 2.35. The number of carbonyl (C=O) groups excluding carboxylic acids is 1. The van der Waals surface area contributed by atoms with Crippen LogP contribution in [0, 0.1) is 19.3 Å². The minimum Gasteiger partial charge on any atom is -0.338 e. The molecule has 2 aromatic rings. The number of fused-ring (bicyclic) bond motifs is 1. The van der Waals surface area contributed by atoms with Crippen LogP contribution >= 0.6 is 0 Å². The molecule has 23 heavy (non-hydrogen) atoms. The van der Waals surface area contributed by atoms with Gasteiger partial charge in [-0.05, 0) is 30.9 Å². The Balaban J connectivity index is 1.70. The van der Waals surface area contributed by atoms with E-state index in [1.54, 1.807) is 13.0 Å². The number of benzene rings is 1. The van der Waals surface area contributed by atoms with Gasteiger partial charge in [0.25, 0.3) is 0 Å². The number of aryl methyl sites for hydroxylation is 2. The number of rotatable bonds is 5. The van der Waals surface area contributed by atoms with E-state index in [2.05, 4.69) is 28.5 Å². The van der Waals surface area contributed by atoms with Crippen molar-refractivity contribution in [1.29, 1.82) is 0 Å². The van der Waals surface area contributed by atoms with Crippen LogP contribution in [0.3, 0.4) is 0 Å². The van der Waals surface area contributed by atoms with Gasteiger partial charge in [0.15, 0.2) is 0 Å². The number of hydrogen-bond donors (Lipinski definition) is 1. The Morgan fingerprint density at radius 1 is 1.52 bits per heavy atom. The van der Waals surface area contributed by atoms with Crippen molar-refractivity contribution in [3.8, 4) is 12.3 Å². The van der Waals surface area contributed by atoms with Crippen LogP contribution < -0.4 is 5.32 Å². The molecule has 1 atom stereocenters. The van der Waals surface area contributed by atoms with E-state index in [4.69, 9.17) is 10.9 Å². The lowest BCUT2D eigenvalue weighted by Gasteiger charge is -2.26. The molecule has 1 N–H and O–H groups in total. The van der Waals surface area contributed by atoms with Crippen LogP contribution in [0.25, 0.3) is 0 Å². The van der Waals surface area contributed by atoms with Crippen molar-refractivity contribution in [3.05, 3.63) is 47.2 Å².